The van der Waals surface area contributed by atoms with Gasteiger partial charge in [-0.3, -0.25) is 0 Å². The summed E-state index contributed by atoms with van der Waals surface area (Å²) in [7, 11) is 1.90. The van der Waals surface area contributed by atoms with E-state index in [1.807, 2.05) is 37.4 Å². The second kappa shape index (κ2) is 7.23. The van der Waals surface area contributed by atoms with E-state index in [0.29, 0.717) is 6.61 Å². The molecule has 112 valence electrons. The van der Waals surface area contributed by atoms with Crippen LogP contribution < -0.4 is 10.1 Å². The van der Waals surface area contributed by atoms with Crippen LogP contribution in [0.15, 0.2) is 42.5 Å². The molecule has 0 aliphatic heterocycles. The van der Waals surface area contributed by atoms with Crippen LogP contribution in [0.4, 0.5) is 4.39 Å². The van der Waals surface area contributed by atoms with Gasteiger partial charge in [0.25, 0.3) is 0 Å². The lowest BCUT2D eigenvalue weighted by atomic mass is 9.95. The molecule has 0 saturated heterocycles. The van der Waals surface area contributed by atoms with Gasteiger partial charge in [-0.25, -0.2) is 4.39 Å². The van der Waals surface area contributed by atoms with Crippen molar-refractivity contribution in [3.8, 4) is 16.9 Å². The predicted molar refractivity (Wildman–Crippen MR) is 85.1 cm³/mol. The molecule has 21 heavy (non-hydrogen) atoms. The van der Waals surface area contributed by atoms with E-state index in [2.05, 4.69) is 19.2 Å². The highest BCUT2D eigenvalue weighted by Gasteiger charge is 2.11. The largest absolute Gasteiger partial charge is 0.494 e. The molecule has 2 rings (SSSR count). The van der Waals surface area contributed by atoms with Crippen molar-refractivity contribution in [2.45, 2.75) is 26.3 Å². The summed E-state index contributed by atoms with van der Waals surface area (Å²) < 4.78 is 19.2. The van der Waals surface area contributed by atoms with Crippen LogP contribution in [0.3, 0.4) is 0 Å². The Labute approximate surface area is 126 Å². The summed E-state index contributed by atoms with van der Waals surface area (Å²) in [5, 5.41) is 3.20. The number of halogens is 1. The molecular formula is C18H22FNO. The highest BCUT2D eigenvalue weighted by molar-refractivity contribution is 5.68. The third-order valence-electron chi connectivity index (χ3n) is 3.55. The van der Waals surface area contributed by atoms with Gasteiger partial charge in [0.1, 0.15) is 11.6 Å². The second-order valence-corrected chi connectivity index (χ2v) is 5.11. The summed E-state index contributed by atoms with van der Waals surface area (Å²) in [5.74, 6) is 0.628. The number of ether oxygens (including phenoxy) is 1. The van der Waals surface area contributed by atoms with Crippen LogP contribution in [-0.4, -0.2) is 13.7 Å². The van der Waals surface area contributed by atoms with Crippen molar-refractivity contribution in [1.29, 1.82) is 0 Å². The number of hydrogen-bond donors (Lipinski definition) is 1. The molecule has 2 aromatic rings. The Hall–Kier alpha value is -1.87. The summed E-state index contributed by atoms with van der Waals surface area (Å²) >= 11 is 0. The molecule has 0 bridgehead atoms. The molecule has 3 heteroatoms. The molecular weight excluding hydrogens is 265 g/mol. The van der Waals surface area contributed by atoms with E-state index in [9.17, 15) is 4.39 Å². The molecule has 2 aromatic carbocycles. The zero-order valence-electron chi connectivity index (χ0n) is 12.8. The highest BCUT2D eigenvalue weighted by atomic mass is 19.1. The molecule has 1 N–H and O–H groups in total. The monoisotopic (exact) mass is 287 g/mol. The van der Waals surface area contributed by atoms with E-state index in [1.165, 1.54) is 6.07 Å². The Kier molecular flexibility index (Phi) is 5.34. The lowest BCUT2D eigenvalue weighted by Gasteiger charge is -2.16. The van der Waals surface area contributed by atoms with Crippen LogP contribution in [-0.2, 0) is 0 Å². The van der Waals surface area contributed by atoms with E-state index in [0.717, 1.165) is 28.9 Å². The topological polar surface area (TPSA) is 21.3 Å². The minimum Gasteiger partial charge on any atom is -0.494 e. The zero-order chi connectivity index (χ0) is 15.2. The van der Waals surface area contributed by atoms with Gasteiger partial charge in [0.2, 0.25) is 0 Å². The standard InChI is InChI=1S/C18H22FNO/c1-4-11-21-16-8-5-14(6-9-16)18-12-15(19)7-10-17(18)13(2)20-3/h5-10,12-13,20H,4,11H2,1-3H3. The Bertz CT molecular complexity index is 580. The van der Waals surface area contributed by atoms with E-state index in [4.69, 9.17) is 4.74 Å². The molecule has 0 spiro atoms. The average Bonchev–Trinajstić information content (AvgIpc) is 2.52. The highest BCUT2D eigenvalue weighted by Crippen LogP contribution is 2.30. The van der Waals surface area contributed by atoms with Crippen molar-refractivity contribution in [3.05, 3.63) is 53.8 Å². The van der Waals surface area contributed by atoms with Gasteiger partial charge in [-0.2, -0.15) is 0 Å². The van der Waals surface area contributed by atoms with Crippen molar-refractivity contribution in [1.82, 2.24) is 5.32 Å². The molecule has 2 nitrogen and oxygen atoms in total. The Morgan fingerprint density at radius 1 is 1.14 bits per heavy atom. The van der Waals surface area contributed by atoms with Crippen molar-refractivity contribution in [2.24, 2.45) is 0 Å². The van der Waals surface area contributed by atoms with Gasteiger partial charge >= 0.3 is 0 Å². The fraction of sp³-hybridized carbons (Fsp3) is 0.333. The van der Waals surface area contributed by atoms with Crippen molar-refractivity contribution < 1.29 is 9.13 Å². The Balaban J connectivity index is 2.34. The molecule has 0 heterocycles. The first kappa shape index (κ1) is 15.5. The summed E-state index contributed by atoms with van der Waals surface area (Å²) in [5.41, 5.74) is 3.00. The maximum Gasteiger partial charge on any atom is 0.123 e. The summed E-state index contributed by atoms with van der Waals surface area (Å²) in [4.78, 5) is 0. The maximum atomic E-state index is 13.6. The van der Waals surface area contributed by atoms with Crippen molar-refractivity contribution in [2.75, 3.05) is 13.7 Å². The van der Waals surface area contributed by atoms with E-state index in [-0.39, 0.29) is 11.9 Å². The molecule has 0 aliphatic rings. The normalized spacial score (nSPS) is 12.2. The van der Waals surface area contributed by atoms with Gasteiger partial charge in [-0.1, -0.05) is 25.1 Å². The first-order valence-electron chi connectivity index (χ1n) is 7.35. The van der Waals surface area contributed by atoms with Crippen LogP contribution >= 0.6 is 0 Å². The molecule has 1 atom stereocenters. The van der Waals surface area contributed by atoms with Gasteiger partial charge in [0.05, 0.1) is 6.61 Å². The van der Waals surface area contributed by atoms with Crippen LogP contribution in [0, 0.1) is 5.82 Å². The summed E-state index contributed by atoms with van der Waals surface area (Å²) in [6.07, 6.45) is 0.982. The maximum absolute atomic E-state index is 13.6. The minimum absolute atomic E-state index is 0.164. The summed E-state index contributed by atoms with van der Waals surface area (Å²) in [6, 6.07) is 12.9. The van der Waals surface area contributed by atoms with Crippen LogP contribution in [0.25, 0.3) is 11.1 Å². The molecule has 0 aromatic heterocycles. The van der Waals surface area contributed by atoms with E-state index < -0.39 is 0 Å². The fourth-order valence-corrected chi connectivity index (χ4v) is 2.26. The Morgan fingerprint density at radius 3 is 2.48 bits per heavy atom. The van der Waals surface area contributed by atoms with Gasteiger partial charge in [0, 0.05) is 6.04 Å². The van der Waals surface area contributed by atoms with Crippen LogP contribution in [0.2, 0.25) is 0 Å². The smallest absolute Gasteiger partial charge is 0.123 e. The third-order valence-corrected chi connectivity index (χ3v) is 3.55. The lowest BCUT2D eigenvalue weighted by Crippen LogP contribution is -2.13. The van der Waals surface area contributed by atoms with E-state index in [1.54, 1.807) is 6.07 Å². The molecule has 0 radical (unpaired) electrons. The average molecular weight is 287 g/mol. The number of benzene rings is 2. The molecule has 1 unspecified atom stereocenters. The quantitative estimate of drug-likeness (QED) is 0.840. The number of nitrogens with one attached hydrogen (secondary N) is 1. The van der Waals surface area contributed by atoms with Crippen molar-refractivity contribution in [3.63, 3.8) is 0 Å². The summed E-state index contributed by atoms with van der Waals surface area (Å²) in [6.45, 7) is 4.85. The number of hydrogen-bond acceptors (Lipinski definition) is 2. The Morgan fingerprint density at radius 2 is 1.86 bits per heavy atom. The van der Waals surface area contributed by atoms with Crippen LogP contribution in [0.5, 0.6) is 5.75 Å². The van der Waals surface area contributed by atoms with Gasteiger partial charge in [-0.15, -0.1) is 0 Å². The molecule has 0 aliphatic carbocycles. The molecule has 0 fully saturated rings. The first-order valence-corrected chi connectivity index (χ1v) is 7.35. The third kappa shape index (κ3) is 3.82. The van der Waals surface area contributed by atoms with Crippen LogP contribution in [0.1, 0.15) is 31.9 Å². The molecule has 0 amide bonds. The molecule has 0 saturated carbocycles. The number of rotatable bonds is 6. The van der Waals surface area contributed by atoms with Gasteiger partial charge < -0.3 is 10.1 Å². The van der Waals surface area contributed by atoms with E-state index >= 15 is 0 Å². The SMILES string of the molecule is CCCOc1ccc(-c2cc(F)ccc2C(C)NC)cc1. The zero-order valence-corrected chi connectivity index (χ0v) is 12.8. The van der Waals surface area contributed by atoms with Gasteiger partial charge in [0.15, 0.2) is 0 Å². The first-order chi connectivity index (χ1) is 10.2. The second-order valence-electron chi connectivity index (χ2n) is 5.11. The van der Waals surface area contributed by atoms with Gasteiger partial charge in [-0.05, 0) is 61.3 Å². The predicted octanol–water partition coefficient (Wildman–Crippen LogP) is 4.56. The minimum atomic E-state index is -0.219. The lowest BCUT2D eigenvalue weighted by molar-refractivity contribution is 0.317. The fourth-order valence-electron chi connectivity index (χ4n) is 2.26. The van der Waals surface area contributed by atoms with Crippen molar-refractivity contribution >= 4 is 0 Å².